The van der Waals surface area contributed by atoms with E-state index in [0.29, 0.717) is 13.2 Å². The predicted molar refractivity (Wildman–Crippen MR) is 84.9 cm³/mol. The Kier molecular flexibility index (Phi) is 4.45. The first kappa shape index (κ1) is 15.0. The smallest absolute Gasteiger partial charge is 0.407 e. The summed E-state index contributed by atoms with van der Waals surface area (Å²) in [6.07, 6.45) is -0.398. The minimum atomic E-state index is -0.398. The summed E-state index contributed by atoms with van der Waals surface area (Å²) in [5, 5.41) is 3.83. The highest BCUT2D eigenvalue weighted by molar-refractivity contribution is 7.71. The van der Waals surface area contributed by atoms with Crippen LogP contribution in [0.3, 0.4) is 0 Å². The molecule has 1 aromatic heterocycles. The van der Waals surface area contributed by atoms with E-state index >= 15 is 0 Å². The first-order valence-corrected chi connectivity index (χ1v) is 7.59. The zero-order valence-electron chi connectivity index (χ0n) is 11.8. The Balaban J connectivity index is 1.95. The standard InChI is InChI=1S/C14H18N2O2S2/c1-14(2,3)15-13(17)18-9-8-16-12(19)10-6-4-5-7-11(10)20-16/h4-7H,8-9H2,1-3H3,(H,15,17). The zero-order chi connectivity index (χ0) is 14.8. The number of aromatic nitrogens is 1. The maximum Gasteiger partial charge on any atom is 0.407 e. The number of hydrogen-bond donors (Lipinski definition) is 1. The topological polar surface area (TPSA) is 43.3 Å². The van der Waals surface area contributed by atoms with Crippen LogP contribution in [-0.2, 0) is 11.3 Å². The number of fused-ring (bicyclic) bond motifs is 1. The number of benzene rings is 1. The van der Waals surface area contributed by atoms with Crippen LogP contribution in [0.15, 0.2) is 24.3 Å². The van der Waals surface area contributed by atoms with E-state index < -0.39 is 6.09 Å². The van der Waals surface area contributed by atoms with Crippen molar-refractivity contribution in [3.63, 3.8) is 0 Å². The number of nitrogens with one attached hydrogen (secondary N) is 1. The van der Waals surface area contributed by atoms with Gasteiger partial charge in [0.1, 0.15) is 11.2 Å². The van der Waals surface area contributed by atoms with Crippen molar-refractivity contribution in [1.82, 2.24) is 9.27 Å². The van der Waals surface area contributed by atoms with Gasteiger partial charge in [-0.15, -0.1) is 0 Å². The van der Waals surface area contributed by atoms with E-state index in [0.717, 1.165) is 14.7 Å². The third-order valence-electron chi connectivity index (χ3n) is 2.56. The Morgan fingerprint density at radius 2 is 2.10 bits per heavy atom. The molecule has 0 spiro atoms. The molecule has 2 rings (SSSR count). The highest BCUT2D eigenvalue weighted by atomic mass is 32.1. The summed E-state index contributed by atoms with van der Waals surface area (Å²) >= 11 is 7.00. The van der Waals surface area contributed by atoms with Crippen molar-refractivity contribution in [2.24, 2.45) is 0 Å². The molecule has 0 aliphatic heterocycles. The summed E-state index contributed by atoms with van der Waals surface area (Å²) in [5.74, 6) is 0. The fraction of sp³-hybridized carbons (Fsp3) is 0.429. The van der Waals surface area contributed by atoms with Gasteiger partial charge in [0, 0.05) is 10.9 Å². The van der Waals surface area contributed by atoms with Gasteiger partial charge in [0.25, 0.3) is 0 Å². The number of amides is 1. The molecular formula is C14H18N2O2S2. The van der Waals surface area contributed by atoms with Crippen LogP contribution >= 0.6 is 23.8 Å². The van der Waals surface area contributed by atoms with Crippen molar-refractivity contribution in [2.45, 2.75) is 32.9 Å². The maximum atomic E-state index is 11.5. The summed E-state index contributed by atoms with van der Waals surface area (Å²) in [7, 11) is 0. The molecule has 0 aliphatic rings. The molecule has 108 valence electrons. The van der Waals surface area contributed by atoms with Gasteiger partial charge in [-0.3, -0.25) is 3.96 Å². The molecule has 0 atom stereocenters. The van der Waals surface area contributed by atoms with E-state index in [9.17, 15) is 4.79 Å². The number of carbonyl (C=O) groups excluding carboxylic acids is 1. The number of alkyl carbamates (subject to hydrolysis) is 1. The van der Waals surface area contributed by atoms with Crippen LogP contribution < -0.4 is 5.32 Å². The Morgan fingerprint density at radius 1 is 1.40 bits per heavy atom. The number of ether oxygens (including phenoxy) is 1. The van der Waals surface area contributed by atoms with E-state index in [-0.39, 0.29) is 5.54 Å². The van der Waals surface area contributed by atoms with Crippen molar-refractivity contribution in [1.29, 1.82) is 0 Å². The highest BCUT2D eigenvalue weighted by Crippen LogP contribution is 2.22. The SMILES string of the molecule is CC(C)(C)NC(=O)OCCn1sc2ccccc2c1=S. The van der Waals surface area contributed by atoms with Gasteiger partial charge in [-0.05, 0) is 26.8 Å². The number of rotatable bonds is 3. The van der Waals surface area contributed by atoms with Crippen LogP contribution in [0.2, 0.25) is 0 Å². The molecule has 1 N–H and O–H groups in total. The highest BCUT2D eigenvalue weighted by Gasteiger charge is 2.14. The van der Waals surface area contributed by atoms with Crippen LogP contribution in [0.4, 0.5) is 4.79 Å². The van der Waals surface area contributed by atoms with Crippen LogP contribution in [-0.4, -0.2) is 22.2 Å². The van der Waals surface area contributed by atoms with Gasteiger partial charge in [-0.25, -0.2) is 4.79 Å². The molecular weight excluding hydrogens is 292 g/mol. The number of hydrogen-bond acceptors (Lipinski definition) is 4. The molecule has 4 nitrogen and oxygen atoms in total. The second-order valence-corrected chi connectivity index (χ2v) is 6.96. The molecule has 0 aliphatic carbocycles. The molecule has 0 bridgehead atoms. The van der Waals surface area contributed by atoms with Crippen molar-refractivity contribution in [3.8, 4) is 0 Å². The third-order valence-corrected chi connectivity index (χ3v) is 4.25. The van der Waals surface area contributed by atoms with Crippen molar-refractivity contribution in [2.75, 3.05) is 6.61 Å². The molecule has 0 saturated heterocycles. The average Bonchev–Trinajstić information content (AvgIpc) is 2.65. The Labute approximate surface area is 127 Å². The van der Waals surface area contributed by atoms with Gasteiger partial charge in [0.2, 0.25) is 0 Å². The van der Waals surface area contributed by atoms with Crippen LogP contribution in [0, 0.1) is 4.64 Å². The van der Waals surface area contributed by atoms with Gasteiger partial charge in [0.05, 0.1) is 11.2 Å². The first-order chi connectivity index (χ1) is 9.37. The summed E-state index contributed by atoms with van der Waals surface area (Å²) < 4.78 is 9.09. The quantitative estimate of drug-likeness (QED) is 0.873. The predicted octanol–water partition coefficient (Wildman–Crippen LogP) is 3.96. The average molecular weight is 310 g/mol. The monoisotopic (exact) mass is 310 g/mol. The molecule has 0 radical (unpaired) electrons. The lowest BCUT2D eigenvalue weighted by Gasteiger charge is -2.19. The minimum Gasteiger partial charge on any atom is -0.448 e. The molecule has 1 heterocycles. The largest absolute Gasteiger partial charge is 0.448 e. The third kappa shape index (κ3) is 3.80. The number of nitrogens with zero attached hydrogens (tertiary/aromatic N) is 1. The maximum absolute atomic E-state index is 11.5. The van der Waals surface area contributed by atoms with E-state index in [1.807, 2.05) is 49.0 Å². The molecule has 2 aromatic rings. The Hall–Kier alpha value is -1.40. The lowest BCUT2D eigenvalue weighted by molar-refractivity contribution is 0.134. The number of carbonyl (C=O) groups is 1. The van der Waals surface area contributed by atoms with E-state index in [1.54, 1.807) is 11.5 Å². The summed E-state index contributed by atoms with van der Waals surface area (Å²) in [4.78, 5) is 11.5. The van der Waals surface area contributed by atoms with Crippen molar-refractivity contribution < 1.29 is 9.53 Å². The molecule has 0 fully saturated rings. The van der Waals surface area contributed by atoms with Gasteiger partial charge in [-0.1, -0.05) is 41.9 Å². The lowest BCUT2D eigenvalue weighted by Crippen LogP contribution is -2.41. The fourth-order valence-electron chi connectivity index (χ4n) is 1.73. The van der Waals surface area contributed by atoms with Gasteiger partial charge in [-0.2, -0.15) is 0 Å². The molecule has 0 saturated carbocycles. The summed E-state index contributed by atoms with van der Waals surface area (Å²) in [5.41, 5.74) is -0.287. The molecule has 0 unspecified atom stereocenters. The molecule has 1 amide bonds. The Morgan fingerprint density at radius 3 is 2.75 bits per heavy atom. The lowest BCUT2D eigenvalue weighted by atomic mass is 10.1. The summed E-state index contributed by atoms with van der Waals surface area (Å²) in [6, 6.07) is 8.02. The zero-order valence-corrected chi connectivity index (χ0v) is 13.4. The second kappa shape index (κ2) is 5.93. The van der Waals surface area contributed by atoms with E-state index in [4.69, 9.17) is 17.0 Å². The van der Waals surface area contributed by atoms with Crippen LogP contribution in [0.1, 0.15) is 20.8 Å². The fourth-order valence-corrected chi connectivity index (χ4v) is 3.16. The van der Waals surface area contributed by atoms with Crippen LogP contribution in [0.5, 0.6) is 0 Å². The van der Waals surface area contributed by atoms with Crippen LogP contribution in [0.25, 0.3) is 10.1 Å². The van der Waals surface area contributed by atoms with Gasteiger partial charge < -0.3 is 10.1 Å². The van der Waals surface area contributed by atoms with E-state index in [2.05, 4.69) is 5.32 Å². The van der Waals surface area contributed by atoms with Gasteiger partial charge >= 0.3 is 6.09 Å². The van der Waals surface area contributed by atoms with Crippen molar-refractivity contribution >= 4 is 39.9 Å². The van der Waals surface area contributed by atoms with E-state index in [1.165, 1.54) is 0 Å². The molecule has 1 aromatic carbocycles. The Bertz CT molecular complexity index is 668. The minimum absolute atomic E-state index is 0.287. The molecule has 6 heteroatoms. The normalized spacial score (nSPS) is 11.6. The summed E-state index contributed by atoms with van der Waals surface area (Å²) in [6.45, 7) is 6.63. The van der Waals surface area contributed by atoms with Gasteiger partial charge in [0.15, 0.2) is 0 Å². The van der Waals surface area contributed by atoms with Crippen molar-refractivity contribution in [3.05, 3.63) is 28.9 Å². The first-order valence-electron chi connectivity index (χ1n) is 6.40. The second-order valence-electron chi connectivity index (χ2n) is 5.51. The molecule has 20 heavy (non-hydrogen) atoms.